The SMILES string of the molecule is O=C(NCc1cccnc1)c1cncc(C(=O)Nc2ccc(F)c(Cl)c2)c1. The van der Waals surface area contributed by atoms with E-state index >= 15 is 0 Å². The number of aromatic nitrogens is 2. The zero-order valence-corrected chi connectivity index (χ0v) is 14.7. The van der Waals surface area contributed by atoms with Crippen LogP contribution >= 0.6 is 11.6 Å². The van der Waals surface area contributed by atoms with E-state index in [4.69, 9.17) is 11.6 Å². The van der Waals surface area contributed by atoms with E-state index in [1.807, 2.05) is 6.07 Å². The number of amides is 2. The molecule has 2 N–H and O–H groups in total. The third-order valence-electron chi connectivity index (χ3n) is 3.62. The summed E-state index contributed by atoms with van der Waals surface area (Å²) in [6.07, 6.45) is 5.99. The zero-order valence-electron chi connectivity index (χ0n) is 13.9. The standard InChI is InChI=1S/C19H14ClFN4O2/c20-16-7-15(3-4-17(16)21)25-19(27)14-6-13(10-23-11-14)18(26)24-9-12-2-1-5-22-8-12/h1-8,10-11H,9H2,(H,24,26)(H,25,27). The van der Waals surface area contributed by atoms with Crippen LogP contribution in [0.1, 0.15) is 26.3 Å². The number of benzene rings is 1. The molecule has 1 aromatic carbocycles. The van der Waals surface area contributed by atoms with Crippen LogP contribution < -0.4 is 10.6 Å². The van der Waals surface area contributed by atoms with Gasteiger partial charge in [-0.05, 0) is 35.9 Å². The summed E-state index contributed by atoms with van der Waals surface area (Å²) in [4.78, 5) is 32.5. The van der Waals surface area contributed by atoms with Crippen molar-refractivity contribution in [3.8, 4) is 0 Å². The highest BCUT2D eigenvalue weighted by molar-refractivity contribution is 6.31. The van der Waals surface area contributed by atoms with Gasteiger partial charge in [0.2, 0.25) is 0 Å². The van der Waals surface area contributed by atoms with Gasteiger partial charge in [0.25, 0.3) is 11.8 Å². The van der Waals surface area contributed by atoms with Gasteiger partial charge in [0.05, 0.1) is 16.1 Å². The van der Waals surface area contributed by atoms with Crippen molar-refractivity contribution in [2.75, 3.05) is 5.32 Å². The highest BCUT2D eigenvalue weighted by Crippen LogP contribution is 2.20. The van der Waals surface area contributed by atoms with Gasteiger partial charge in [-0.25, -0.2) is 4.39 Å². The Balaban J connectivity index is 1.67. The summed E-state index contributed by atoms with van der Waals surface area (Å²) in [5.41, 5.74) is 1.60. The molecule has 0 aliphatic heterocycles. The summed E-state index contributed by atoms with van der Waals surface area (Å²) in [6.45, 7) is 0.303. The summed E-state index contributed by atoms with van der Waals surface area (Å²) in [6, 6.07) is 8.87. The summed E-state index contributed by atoms with van der Waals surface area (Å²) < 4.78 is 13.2. The highest BCUT2D eigenvalue weighted by Gasteiger charge is 2.12. The Hall–Kier alpha value is -3.32. The predicted octanol–water partition coefficient (Wildman–Crippen LogP) is 3.45. The van der Waals surface area contributed by atoms with Crippen LogP contribution in [0, 0.1) is 5.82 Å². The molecule has 8 heteroatoms. The van der Waals surface area contributed by atoms with Crippen molar-refractivity contribution < 1.29 is 14.0 Å². The van der Waals surface area contributed by atoms with Crippen LogP contribution in [0.4, 0.5) is 10.1 Å². The van der Waals surface area contributed by atoms with Crippen LogP contribution in [0.2, 0.25) is 5.02 Å². The highest BCUT2D eigenvalue weighted by atomic mass is 35.5. The third kappa shape index (κ3) is 4.86. The Bertz CT molecular complexity index is 982. The number of anilines is 1. The van der Waals surface area contributed by atoms with E-state index in [0.29, 0.717) is 12.2 Å². The second-order valence-electron chi connectivity index (χ2n) is 5.59. The molecule has 27 heavy (non-hydrogen) atoms. The lowest BCUT2D eigenvalue weighted by atomic mass is 10.1. The first-order chi connectivity index (χ1) is 13.0. The molecule has 0 saturated carbocycles. The molecule has 0 radical (unpaired) electrons. The molecule has 0 unspecified atom stereocenters. The van der Waals surface area contributed by atoms with Crippen molar-refractivity contribution in [2.24, 2.45) is 0 Å². The Kier molecular flexibility index (Phi) is 5.73. The lowest BCUT2D eigenvalue weighted by Gasteiger charge is -2.08. The number of carbonyl (C=O) groups excluding carboxylic acids is 2. The number of rotatable bonds is 5. The number of hydrogen-bond acceptors (Lipinski definition) is 4. The fourth-order valence-corrected chi connectivity index (χ4v) is 2.43. The first-order valence-electron chi connectivity index (χ1n) is 7.91. The summed E-state index contributed by atoms with van der Waals surface area (Å²) in [7, 11) is 0. The van der Waals surface area contributed by atoms with Gasteiger partial charge in [-0.1, -0.05) is 17.7 Å². The van der Waals surface area contributed by atoms with E-state index in [0.717, 1.165) is 11.6 Å². The molecule has 0 aliphatic carbocycles. The van der Waals surface area contributed by atoms with Gasteiger partial charge in [0, 0.05) is 37.0 Å². The van der Waals surface area contributed by atoms with Gasteiger partial charge in [-0.2, -0.15) is 0 Å². The van der Waals surface area contributed by atoms with Crippen LogP contribution in [0.25, 0.3) is 0 Å². The van der Waals surface area contributed by atoms with Crippen molar-refractivity contribution >= 4 is 29.1 Å². The lowest BCUT2D eigenvalue weighted by Crippen LogP contribution is -2.23. The molecule has 0 atom stereocenters. The van der Waals surface area contributed by atoms with E-state index in [2.05, 4.69) is 20.6 Å². The van der Waals surface area contributed by atoms with Crippen LogP contribution in [-0.4, -0.2) is 21.8 Å². The van der Waals surface area contributed by atoms with E-state index in [9.17, 15) is 14.0 Å². The third-order valence-corrected chi connectivity index (χ3v) is 3.91. The number of nitrogens with one attached hydrogen (secondary N) is 2. The van der Waals surface area contributed by atoms with Crippen molar-refractivity contribution in [1.29, 1.82) is 0 Å². The van der Waals surface area contributed by atoms with Gasteiger partial charge >= 0.3 is 0 Å². The van der Waals surface area contributed by atoms with Crippen LogP contribution in [0.3, 0.4) is 0 Å². The van der Waals surface area contributed by atoms with Crippen molar-refractivity contribution in [3.05, 3.63) is 88.7 Å². The zero-order chi connectivity index (χ0) is 19.2. The van der Waals surface area contributed by atoms with Crippen LogP contribution in [0.5, 0.6) is 0 Å². The minimum Gasteiger partial charge on any atom is -0.348 e. The normalized spacial score (nSPS) is 10.3. The number of nitrogens with zero attached hydrogens (tertiary/aromatic N) is 2. The van der Waals surface area contributed by atoms with Gasteiger partial charge in [0.15, 0.2) is 0 Å². The van der Waals surface area contributed by atoms with Crippen LogP contribution in [0.15, 0.2) is 61.2 Å². The largest absolute Gasteiger partial charge is 0.348 e. The number of pyridine rings is 2. The van der Waals surface area contributed by atoms with E-state index in [1.165, 1.54) is 30.6 Å². The maximum absolute atomic E-state index is 13.2. The number of hydrogen-bond donors (Lipinski definition) is 2. The molecule has 0 aliphatic rings. The van der Waals surface area contributed by atoms with Crippen LogP contribution in [-0.2, 0) is 6.54 Å². The topological polar surface area (TPSA) is 84.0 Å². The molecular weight excluding hydrogens is 371 g/mol. The minimum atomic E-state index is -0.580. The van der Waals surface area contributed by atoms with E-state index < -0.39 is 11.7 Å². The second-order valence-corrected chi connectivity index (χ2v) is 6.00. The molecule has 6 nitrogen and oxygen atoms in total. The second kappa shape index (κ2) is 8.37. The maximum atomic E-state index is 13.2. The van der Waals surface area contributed by atoms with E-state index in [-0.39, 0.29) is 22.1 Å². The molecule has 0 bridgehead atoms. The molecular formula is C19H14ClFN4O2. The maximum Gasteiger partial charge on any atom is 0.257 e. The number of halogens is 2. The predicted molar refractivity (Wildman–Crippen MR) is 99.0 cm³/mol. The quantitative estimate of drug-likeness (QED) is 0.705. The molecule has 136 valence electrons. The van der Waals surface area contributed by atoms with Gasteiger partial charge in [-0.3, -0.25) is 19.6 Å². The number of carbonyl (C=O) groups is 2. The van der Waals surface area contributed by atoms with E-state index in [1.54, 1.807) is 18.5 Å². The minimum absolute atomic E-state index is 0.102. The first-order valence-corrected chi connectivity index (χ1v) is 8.29. The molecule has 3 aromatic rings. The molecule has 0 spiro atoms. The smallest absolute Gasteiger partial charge is 0.257 e. The van der Waals surface area contributed by atoms with Crippen molar-refractivity contribution in [3.63, 3.8) is 0 Å². The molecule has 0 saturated heterocycles. The van der Waals surface area contributed by atoms with Crippen molar-refractivity contribution in [1.82, 2.24) is 15.3 Å². The van der Waals surface area contributed by atoms with Gasteiger partial charge in [-0.15, -0.1) is 0 Å². The van der Waals surface area contributed by atoms with Gasteiger partial charge in [0.1, 0.15) is 5.82 Å². The molecule has 3 rings (SSSR count). The fourth-order valence-electron chi connectivity index (χ4n) is 2.25. The molecule has 2 amide bonds. The Morgan fingerprint density at radius 2 is 1.78 bits per heavy atom. The molecule has 0 fully saturated rings. The first kappa shape index (κ1) is 18.5. The Morgan fingerprint density at radius 3 is 2.48 bits per heavy atom. The monoisotopic (exact) mass is 384 g/mol. The van der Waals surface area contributed by atoms with Crippen molar-refractivity contribution in [2.45, 2.75) is 6.54 Å². The fraction of sp³-hybridized carbons (Fsp3) is 0.0526. The Labute approximate surface area is 159 Å². The average molecular weight is 385 g/mol. The average Bonchev–Trinajstić information content (AvgIpc) is 2.70. The molecule has 2 heterocycles. The van der Waals surface area contributed by atoms with Gasteiger partial charge < -0.3 is 10.6 Å². The summed E-state index contributed by atoms with van der Waals surface area (Å²) in [5.74, 6) is -1.44. The summed E-state index contributed by atoms with van der Waals surface area (Å²) >= 11 is 5.70. The lowest BCUT2D eigenvalue weighted by molar-refractivity contribution is 0.0950. The Morgan fingerprint density at radius 1 is 1.00 bits per heavy atom. The molecule has 2 aromatic heterocycles. The summed E-state index contributed by atoms with van der Waals surface area (Å²) in [5, 5.41) is 5.21.